The number of allylic oxidation sites excluding steroid dienone is 1. The van der Waals surface area contributed by atoms with Gasteiger partial charge in [0.1, 0.15) is 0 Å². The predicted molar refractivity (Wildman–Crippen MR) is 47.6 cm³/mol. The second-order valence-corrected chi connectivity index (χ2v) is 3.90. The van der Waals surface area contributed by atoms with Crippen LogP contribution >= 0.6 is 0 Å². The first kappa shape index (κ1) is 7.84. The number of fused-ring (bicyclic) bond motifs is 2. The van der Waals surface area contributed by atoms with Gasteiger partial charge in [-0.25, -0.2) is 0 Å². The molecule has 2 aliphatic rings. The molecule has 3 unspecified atom stereocenters. The molecule has 2 aliphatic carbocycles. The zero-order valence-corrected chi connectivity index (χ0v) is 7.20. The van der Waals surface area contributed by atoms with Crippen LogP contribution in [0.3, 0.4) is 0 Å². The molecule has 0 radical (unpaired) electrons. The van der Waals surface area contributed by atoms with Crippen molar-refractivity contribution in [1.29, 1.82) is 0 Å². The monoisotopic (exact) mass is 165 g/mol. The van der Waals surface area contributed by atoms with Crippen molar-refractivity contribution in [2.75, 3.05) is 0 Å². The van der Waals surface area contributed by atoms with Gasteiger partial charge in [0.2, 0.25) is 6.41 Å². The van der Waals surface area contributed by atoms with Crippen LogP contribution in [0.15, 0.2) is 12.2 Å². The van der Waals surface area contributed by atoms with Gasteiger partial charge in [0.25, 0.3) is 0 Å². The third-order valence-corrected chi connectivity index (χ3v) is 3.14. The molecule has 1 amide bonds. The quantitative estimate of drug-likeness (QED) is 0.487. The molecule has 0 saturated heterocycles. The van der Waals surface area contributed by atoms with Crippen molar-refractivity contribution in [3.63, 3.8) is 0 Å². The Bertz CT molecular complexity index is 200. The summed E-state index contributed by atoms with van der Waals surface area (Å²) in [6.07, 6.45) is 10.4. The van der Waals surface area contributed by atoms with Crippen molar-refractivity contribution in [3.8, 4) is 0 Å². The molecular formula is C10H15NO. The average molecular weight is 165 g/mol. The molecule has 3 atom stereocenters. The standard InChI is InChI=1S/C10H15NO/c12-7-11-10-5-4-8-2-1-3-9(10)6-8/h1,3,7-10H,2,4-6H2,(H,11,12). The van der Waals surface area contributed by atoms with E-state index in [9.17, 15) is 4.79 Å². The number of carbonyl (C=O) groups is 1. The normalized spacial score (nSPS) is 39.2. The molecule has 66 valence electrons. The first-order valence-corrected chi connectivity index (χ1v) is 4.76. The maximum atomic E-state index is 10.3. The van der Waals surface area contributed by atoms with Crippen LogP contribution in [0.4, 0.5) is 0 Å². The van der Waals surface area contributed by atoms with E-state index in [1.807, 2.05) is 0 Å². The van der Waals surface area contributed by atoms with Gasteiger partial charge in [0.05, 0.1) is 0 Å². The summed E-state index contributed by atoms with van der Waals surface area (Å²) in [6, 6.07) is 0.412. The van der Waals surface area contributed by atoms with Gasteiger partial charge in [0, 0.05) is 6.04 Å². The van der Waals surface area contributed by atoms with E-state index in [1.54, 1.807) is 0 Å². The first-order valence-electron chi connectivity index (χ1n) is 4.76. The Morgan fingerprint density at radius 3 is 3.17 bits per heavy atom. The highest BCUT2D eigenvalue weighted by Gasteiger charge is 2.29. The third kappa shape index (κ3) is 1.38. The van der Waals surface area contributed by atoms with Gasteiger partial charge in [-0.1, -0.05) is 12.2 Å². The van der Waals surface area contributed by atoms with E-state index in [-0.39, 0.29) is 0 Å². The Morgan fingerprint density at radius 2 is 2.33 bits per heavy atom. The van der Waals surface area contributed by atoms with Crippen LogP contribution in [0.5, 0.6) is 0 Å². The molecule has 2 nitrogen and oxygen atoms in total. The Balaban J connectivity index is 2.03. The molecule has 0 spiro atoms. The fourth-order valence-electron chi connectivity index (χ4n) is 2.46. The highest BCUT2D eigenvalue weighted by Crippen LogP contribution is 2.35. The molecule has 1 N–H and O–H groups in total. The van der Waals surface area contributed by atoms with Gasteiger partial charge in [-0.05, 0) is 37.5 Å². The summed E-state index contributed by atoms with van der Waals surface area (Å²) in [5.74, 6) is 1.51. The second kappa shape index (κ2) is 3.30. The van der Waals surface area contributed by atoms with Crippen molar-refractivity contribution in [2.45, 2.75) is 31.7 Å². The molecule has 12 heavy (non-hydrogen) atoms. The van der Waals surface area contributed by atoms with Crippen LogP contribution in [0.25, 0.3) is 0 Å². The van der Waals surface area contributed by atoms with E-state index in [4.69, 9.17) is 0 Å². The molecule has 0 aromatic rings. The predicted octanol–water partition coefficient (Wildman–Crippen LogP) is 1.48. The van der Waals surface area contributed by atoms with E-state index in [0.717, 1.165) is 12.3 Å². The molecule has 0 aliphatic heterocycles. The van der Waals surface area contributed by atoms with E-state index in [1.165, 1.54) is 25.7 Å². The van der Waals surface area contributed by atoms with E-state index >= 15 is 0 Å². The number of carbonyl (C=O) groups excluding carboxylic acids is 1. The van der Waals surface area contributed by atoms with E-state index in [2.05, 4.69) is 17.5 Å². The van der Waals surface area contributed by atoms with Gasteiger partial charge >= 0.3 is 0 Å². The zero-order valence-electron chi connectivity index (χ0n) is 7.20. The third-order valence-electron chi connectivity index (χ3n) is 3.14. The molecule has 0 heterocycles. The topological polar surface area (TPSA) is 29.1 Å². The van der Waals surface area contributed by atoms with Gasteiger partial charge < -0.3 is 5.32 Å². The van der Waals surface area contributed by atoms with Crippen LogP contribution in [0.1, 0.15) is 25.7 Å². The molecular weight excluding hydrogens is 150 g/mol. The summed E-state index contributed by atoms with van der Waals surface area (Å²) < 4.78 is 0. The molecule has 1 saturated carbocycles. The number of amides is 1. The van der Waals surface area contributed by atoms with Crippen LogP contribution < -0.4 is 5.32 Å². The van der Waals surface area contributed by atoms with Crippen molar-refractivity contribution in [3.05, 3.63) is 12.2 Å². The van der Waals surface area contributed by atoms with Gasteiger partial charge in [-0.3, -0.25) is 4.79 Å². The minimum atomic E-state index is 0.412. The summed E-state index contributed by atoms with van der Waals surface area (Å²) in [6.45, 7) is 0. The van der Waals surface area contributed by atoms with Crippen molar-refractivity contribution < 1.29 is 4.79 Å². The largest absolute Gasteiger partial charge is 0.355 e. The molecule has 2 bridgehead atoms. The first-order chi connectivity index (χ1) is 5.90. The molecule has 0 aromatic heterocycles. The molecule has 1 fully saturated rings. The lowest BCUT2D eigenvalue weighted by Crippen LogP contribution is -2.40. The number of hydrogen-bond donors (Lipinski definition) is 1. The highest BCUT2D eigenvalue weighted by molar-refractivity contribution is 5.47. The zero-order chi connectivity index (χ0) is 8.39. The van der Waals surface area contributed by atoms with Gasteiger partial charge in [0.15, 0.2) is 0 Å². The Hall–Kier alpha value is -0.790. The fraction of sp³-hybridized carbons (Fsp3) is 0.700. The minimum Gasteiger partial charge on any atom is -0.355 e. The van der Waals surface area contributed by atoms with Crippen LogP contribution in [0.2, 0.25) is 0 Å². The second-order valence-electron chi connectivity index (χ2n) is 3.90. The van der Waals surface area contributed by atoms with Crippen LogP contribution in [-0.2, 0) is 4.79 Å². The van der Waals surface area contributed by atoms with Crippen molar-refractivity contribution in [2.24, 2.45) is 11.8 Å². The Morgan fingerprint density at radius 1 is 1.42 bits per heavy atom. The number of nitrogens with one attached hydrogen (secondary N) is 1. The lowest BCUT2D eigenvalue weighted by atomic mass is 9.73. The van der Waals surface area contributed by atoms with E-state index < -0.39 is 0 Å². The maximum Gasteiger partial charge on any atom is 0.207 e. The van der Waals surface area contributed by atoms with Crippen molar-refractivity contribution in [1.82, 2.24) is 5.32 Å². The number of hydrogen-bond acceptors (Lipinski definition) is 1. The Labute approximate surface area is 73.0 Å². The average Bonchev–Trinajstić information content (AvgIpc) is 2.11. The van der Waals surface area contributed by atoms with Crippen LogP contribution in [-0.4, -0.2) is 12.5 Å². The molecule has 0 aromatic carbocycles. The minimum absolute atomic E-state index is 0.412. The summed E-state index contributed by atoms with van der Waals surface area (Å²) in [5.41, 5.74) is 0. The van der Waals surface area contributed by atoms with Crippen molar-refractivity contribution >= 4 is 6.41 Å². The molecule has 2 rings (SSSR count). The summed E-state index contributed by atoms with van der Waals surface area (Å²) in [5, 5.41) is 2.91. The van der Waals surface area contributed by atoms with Crippen LogP contribution in [0, 0.1) is 11.8 Å². The van der Waals surface area contributed by atoms with Gasteiger partial charge in [-0.2, -0.15) is 0 Å². The summed E-state index contributed by atoms with van der Waals surface area (Å²) in [7, 11) is 0. The summed E-state index contributed by atoms with van der Waals surface area (Å²) >= 11 is 0. The van der Waals surface area contributed by atoms with E-state index in [0.29, 0.717) is 12.0 Å². The SMILES string of the molecule is O=CNC1CCC2CC=CC1C2. The fourth-order valence-corrected chi connectivity index (χ4v) is 2.46. The van der Waals surface area contributed by atoms with Gasteiger partial charge in [-0.15, -0.1) is 0 Å². The smallest absolute Gasteiger partial charge is 0.207 e. The lowest BCUT2D eigenvalue weighted by molar-refractivity contribution is -0.110. The molecule has 2 heteroatoms. The maximum absolute atomic E-state index is 10.3. The highest BCUT2D eigenvalue weighted by atomic mass is 16.1. The lowest BCUT2D eigenvalue weighted by Gasteiger charge is -2.36. The number of rotatable bonds is 2. The summed E-state index contributed by atoms with van der Waals surface area (Å²) in [4.78, 5) is 10.3. The Kier molecular flexibility index (Phi) is 2.15.